The van der Waals surface area contributed by atoms with E-state index in [-0.39, 0.29) is 0 Å². The van der Waals surface area contributed by atoms with Crippen LogP contribution in [0.3, 0.4) is 0 Å². The maximum Gasteiger partial charge on any atom is 0.153 e. The van der Waals surface area contributed by atoms with Gasteiger partial charge in [0.25, 0.3) is 0 Å². The summed E-state index contributed by atoms with van der Waals surface area (Å²) in [5.41, 5.74) is 11.2. The fourth-order valence-corrected chi connectivity index (χ4v) is 3.17. The Hall–Kier alpha value is -1.59. The zero-order valence-electron chi connectivity index (χ0n) is 11.3. The summed E-state index contributed by atoms with van der Waals surface area (Å²) in [6.07, 6.45) is 0. The van der Waals surface area contributed by atoms with Crippen molar-refractivity contribution < 1.29 is 0 Å². The van der Waals surface area contributed by atoms with E-state index in [4.69, 9.17) is 5.73 Å². The lowest BCUT2D eigenvalue weighted by Gasteiger charge is -2.09. The average Bonchev–Trinajstić information content (AvgIpc) is 2.84. The highest BCUT2D eigenvalue weighted by molar-refractivity contribution is 9.11. The van der Waals surface area contributed by atoms with Crippen LogP contribution in [-0.4, -0.2) is 10.2 Å². The Labute approximate surface area is 139 Å². The van der Waals surface area contributed by atoms with Crippen LogP contribution in [0.2, 0.25) is 0 Å². The van der Waals surface area contributed by atoms with Crippen LogP contribution in [0.25, 0.3) is 22.4 Å². The molecule has 0 saturated heterocycles. The van der Waals surface area contributed by atoms with Crippen molar-refractivity contribution in [2.45, 2.75) is 6.92 Å². The van der Waals surface area contributed by atoms with Crippen LogP contribution in [0.1, 0.15) is 5.56 Å². The summed E-state index contributed by atoms with van der Waals surface area (Å²) >= 11 is 7.10. The monoisotopic (exact) mass is 405 g/mol. The van der Waals surface area contributed by atoms with Crippen molar-refractivity contribution in [2.24, 2.45) is 0 Å². The Morgan fingerprint density at radius 2 is 1.81 bits per heavy atom. The highest BCUT2D eigenvalue weighted by atomic mass is 79.9. The first-order chi connectivity index (χ1) is 10.1. The largest absolute Gasteiger partial charge is 0.382 e. The Bertz CT molecular complexity index is 809. The number of aromatic nitrogens is 2. The Kier molecular flexibility index (Phi) is 3.87. The van der Waals surface area contributed by atoms with Crippen LogP contribution >= 0.6 is 31.9 Å². The van der Waals surface area contributed by atoms with Gasteiger partial charge in [0.2, 0.25) is 0 Å². The van der Waals surface area contributed by atoms with Gasteiger partial charge in [0.05, 0.1) is 11.3 Å². The predicted octanol–water partition coefficient (Wildman–Crippen LogP) is 5.16. The third-order valence-corrected chi connectivity index (χ3v) is 4.59. The molecule has 21 heavy (non-hydrogen) atoms. The van der Waals surface area contributed by atoms with E-state index in [0.29, 0.717) is 5.82 Å². The van der Waals surface area contributed by atoms with Crippen molar-refractivity contribution in [1.29, 1.82) is 0 Å². The minimum Gasteiger partial charge on any atom is -0.382 e. The lowest BCUT2D eigenvalue weighted by atomic mass is 9.97. The smallest absolute Gasteiger partial charge is 0.153 e. The van der Waals surface area contributed by atoms with E-state index < -0.39 is 0 Å². The molecule has 0 amide bonds. The molecule has 0 atom stereocenters. The van der Waals surface area contributed by atoms with E-state index in [1.54, 1.807) is 0 Å². The molecule has 3 N–H and O–H groups in total. The van der Waals surface area contributed by atoms with Gasteiger partial charge in [-0.05, 0) is 36.2 Å². The molecule has 0 bridgehead atoms. The summed E-state index contributed by atoms with van der Waals surface area (Å²) in [4.78, 5) is 0. The summed E-state index contributed by atoms with van der Waals surface area (Å²) in [5.74, 6) is 0.506. The number of rotatable bonds is 2. The fourth-order valence-electron chi connectivity index (χ4n) is 2.37. The highest BCUT2D eigenvalue weighted by Gasteiger charge is 2.18. The van der Waals surface area contributed by atoms with Crippen molar-refractivity contribution in [3.05, 3.63) is 57.0 Å². The van der Waals surface area contributed by atoms with Crippen molar-refractivity contribution in [1.82, 2.24) is 10.2 Å². The Balaban J connectivity index is 2.27. The molecule has 1 aromatic heterocycles. The first-order valence-corrected chi connectivity index (χ1v) is 8.02. The predicted molar refractivity (Wildman–Crippen MR) is 94.0 cm³/mol. The van der Waals surface area contributed by atoms with E-state index in [2.05, 4.69) is 61.1 Å². The van der Waals surface area contributed by atoms with Gasteiger partial charge in [-0.15, -0.1) is 0 Å². The van der Waals surface area contributed by atoms with E-state index in [1.807, 2.05) is 30.3 Å². The molecule has 3 nitrogen and oxygen atoms in total. The van der Waals surface area contributed by atoms with Crippen molar-refractivity contribution in [3.63, 3.8) is 0 Å². The summed E-state index contributed by atoms with van der Waals surface area (Å²) in [6.45, 7) is 2.07. The molecule has 0 aliphatic rings. The molecule has 0 spiro atoms. The second-order valence-corrected chi connectivity index (χ2v) is 6.57. The number of hydrogen-bond donors (Lipinski definition) is 2. The Morgan fingerprint density at radius 3 is 2.57 bits per heavy atom. The molecular formula is C16H13Br2N3. The van der Waals surface area contributed by atoms with Gasteiger partial charge >= 0.3 is 0 Å². The van der Waals surface area contributed by atoms with Crippen LogP contribution < -0.4 is 5.73 Å². The third-order valence-electron chi connectivity index (χ3n) is 3.41. The van der Waals surface area contributed by atoms with Crippen LogP contribution in [0.5, 0.6) is 0 Å². The molecule has 3 aromatic rings. The number of nitrogen functional groups attached to an aromatic ring is 1. The third kappa shape index (κ3) is 2.63. The number of benzene rings is 2. The van der Waals surface area contributed by atoms with Gasteiger partial charge in [-0.3, -0.25) is 5.10 Å². The number of hydrogen-bond acceptors (Lipinski definition) is 2. The number of H-pyrrole nitrogens is 1. The lowest BCUT2D eigenvalue weighted by Crippen LogP contribution is -1.91. The van der Waals surface area contributed by atoms with E-state index in [0.717, 1.165) is 36.9 Å². The molecular weight excluding hydrogens is 394 g/mol. The minimum absolute atomic E-state index is 0.506. The quantitative estimate of drug-likeness (QED) is 0.617. The molecule has 0 fully saturated rings. The molecule has 5 heteroatoms. The number of aromatic amines is 1. The normalized spacial score (nSPS) is 10.8. The number of nitrogens with one attached hydrogen (secondary N) is 1. The number of anilines is 1. The maximum absolute atomic E-state index is 6.10. The van der Waals surface area contributed by atoms with Gasteiger partial charge in [-0.2, -0.15) is 5.10 Å². The van der Waals surface area contributed by atoms with Gasteiger partial charge in [0, 0.05) is 14.5 Å². The fraction of sp³-hybridized carbons (Fsp3) is 0.0625. The van der Waals surface area contributed by atoms with Crippen molar-refractivity contribution >= 4 is 37.7 Å². The molecule has 0 unspecified atom stereocenters. The zero-order valence-corrected chi connectivity index (χ0v) is 14.5. The molecule has 0 saturated carbocycles. The molecule has 0 aliphatic heterocycles. The number of nitrogens with zero attached hydrogens (tertiary/aromatic N) is 1. The van der Waals surface area contributed by atoms with Crippen molar-refractivity contribution in [2.75, 3.05) is 5.73 Å². The molecule has 1 heterocycles. The first-order valence-electron chi connectivity index (χ1n) is 6.43. The van der Waals surface area contributed by atoms with Gasteiger partial charge in [-0.1, -0.05) is 56.1 Å². The van der Waals surface area contributed by atoms with Gasteiger partial charge in [-0.25, -0.2) is 0 Å². The van der Waals surface area contributed by atoms with Crippen LogP contribution in [0.4, 0.5) is 5.82 Å². The molecule has 106 valence electrons. The zero-order chi connectivity index (χ0) is 15.0. The SMILES string of the molecule is Cc1ccccc1-c1c(N)n[nH]c1-c1cc(Br)ccc1Br. The lowest BCUT2D eigenvalue weighted by molar-refractivity contribution is 1.10. The second kappa shape index (κ2) is 5.66. The molecule has 0 aliphatic carbocycles. The summed E-state index contributed by atoms with van der Waals surface area (Å²) in [5, 5.41) is 7.26. The van der Waals surface area contributed by atoms with Gasteiger partial charge < -0.3 is 5.73 Å². The first kappa shape index (κ1) is 14.4. The topological polar surface area (TPSA) is 54.7 Å². The summed E-state index contributed by atoms with van der Waals surface area (Å²) < 4.78 is 1.99. The number of aryl methyl sites for hydroxylation is 1. The number of nitrogens with two attached hydrogens (primary N) is 1. The summed E-state index contributed by atoms with van der Waals surface area (Å²) in [6, 6.07) is 14.2. The van der Waals surface area contributed by atoms with Gasteiger partial charge in [0.1, 0.15) is 0 Å². The van der Waals surface area contributed by atoms with Crippen LogP contribution in [0.15, 0.2) is 51.4 Å². The van der Waals surface area contributed by atoms with E-state index in [1.165, 1.54) is 0 Å². The van der Waals surface area contributed by atoms with Crippen molar-refractivity contribution in [3.8, 4) is 22.4 Å². The minimum atomic E-state index is 0.506. The number of halogens is 2. The maximum atomic E-state index is 6.10. The molecule has 0 radical (unpaired) electrons. The standard InChI is InChI=1S/C16H13Br2N3/c1-9-4-2-3-5-11(9)14-15(20-21-16(14)19)12-8-10(17)6-7-13(12)18/h2-8H,1H3,(H3,19,20,21). The molecule has 3 rings (SSSR count). The van der Waals surface area contributed by atoms with E-state index >= 15 is 0 Å². The van der Waals surface area contributed by atoms with Gasteiger partial charge in [0.15, 0.2) is 5.82 Å². The van der Waals surface area contributed by atoms with Crippen LogP contribution in [-0.2, 0) is 0 Å². The molecule has 2 aromatic carbocycles. The average molecular weight is 407 g/mol. The summed E-state index contributed by atoms with van der Waals surface area (Å²) in [7, 11) is 0. The second-order valence-electron chi connectivity index (χ2n) is 4.80. The Morgan fingerprint density at radius 1 is 1.05 bits per heavy atom. The van der Waals surface area contributed by atoms with E-state index in [9.17, 15) is 0 Å². The van der Waals surface area contributed by atoms with Crippen LogP contribution in [0, 0.1) is 6.92 Å². The highest BCUT2D eigenvalue weighted by Crippen LogP contribution is 2.39.